The molecule has 2 heterocycles. The number of nitrogens with one attached hydrogen (secondary N) is 1. The van der Waals surface area contributed by atoms with E-state index in [0.717, 1.165) is 53.2 Å². The molecule has 1 unspecified atom stereocenters. The molecule has 0 amide bonds. The van der Waals surface area contributed by atoms with Gasteiger partial charge in [0.05, 0.1) is 11.4 Å². The van der Waals surface area contributed by atoms with Crippen LogP contribution in [0.5, 0.6) is 0 Å². The van der Waals surface area contributed by atoms with Gasteiger partial charge in [-0.2, -0.15) is 10.2 Å². The maximum Gasteiger partial charge on any atom is 0.335 e. The van der Waals surface area contributed by atoms with E-state index < -0.39 is 35.8 Å². The molecule has 0 saturated carbocycles. The summed E-state index contributed by atoms with van der Waals surface area (Å²) in [5.41, 5.74) is 5.80. The van der Waals surface area contributed by atoms with Gasteiger partial charge in [-0.25, -0.2) is 18.4 Å². The number of carbonyl (C=O) groups is 2. The maximum atomic E-state index is 13.7. The predicted octanol–water partition coefficient (Wildman–Crippen LogP) is 2.23. The van der Waals surface area contributed by atoms with Crippen LogP contribution in [0.2, 0.25) is 0 Å². The lowest BCUT2D eigenvalue weighted by atomic mass is 9.85. The number of aromatic nitrogens is 2. The van der Waals surface area contributed by atoms with Gasteiger partial charge in [0, 0.05) is 18.0 Å². The van der Waals surface area contributed by atoms with E-state index >= 15 is 0 Å². The van der Waals surface area contributed by atoms with Gasteiger partial charge in [-0.15, -0.1) is 0 Å². The molecule has 4 rings (SSSR count). The lowest BCUT2D eigenvalue weighted by molar-refractivity contribution is -0.165. The molecule has 3 aromatic rings. The Morgan fingerprint density at radius 3 is 2.22 bits per heavy atom. The van der Waals surface area contributed by atoms with Crippen molar-refractivity contribution >= 4 is 11.9 Å². The van der Waals surface area contributed by atoms with Gasteiger partial charge in [0.15, 0.2) is 23.8 Å². The molecule has 1 aliphatic rings. The zero-order valence-corrected chi connectivity index (χ0v) is 19.2. The molecule has 11 heteroatoms. The molecule has 0 spiro atoms. The molecule has 0 aliphatic carbocycles. The molecule has 1 aromatic heterocycles. The molecular formula is C25H25F2N3O6. The molecule has 0 bridgehead atoms. The molecule has 0 fully saturated rings. The number of fused-ring (bicyclic) bond motifs is 1. The summed E-state index contributed by atoms with van der Waals surface area (Å²) in [5, 5.41) is 44.3. The maximum absolute atomic E-state index is 13.7. The van der Waals surface area contributed by atoms with Gasteiger partial charge in [-0.1, -0.05) is 18.2 Å². The lowest BCUT2D eigenvalue weighted by Crippen LogP contribution is -2.39. The largest absolute Gasteiger partial charge is 0.479 e. The Morgan fingerprint density at radius 1 is 0.944 bits per heavy atom. The minimum absolute atomic E-state index is 0.0354. The predicted molar refractivity (Wildman–Crippen MR) is 124 cm³/mol. The number of aliphatic hydroxyl groups is 2. The number of aliphatic hydroxyl groups excluding tert-OH is 2. The van der Waals surface area contributed by atoms with Crippen molar-refractivity contribution in [3.05, 3.63) is 82.5 Å². The Morgan fingerprint density at radius 2 is 1.64 bits per heavy atom. The van der Waals surface area contributed by atoms with Gasteiger partial charge in [-0.05, 0) is 66.9 Å². The SMILES string of the molecule is Cc1ccc(-c2ccc3c(c2)CNCCC3c2ccc(F)c(F)c2)nn1.O=C(O)[C@H](O)[C@@H](O)C(=O)O. The molecule has 2 aromatic carbocycles. The number of carboxylic acid groups (broad SMARTS) is 2. The summed E-state index contributed by atoms with van der Waals surface area (Å²) in [7, 11) is 0. The van der Waals surface area contributed by atoms with Crippen molar-refractivity contribution in [3.8, 4) is 11.3 Å². The highest BCUT2D eigenvalue weighted by Gasteiger charge is 2.29. The van der Waals surface area contributed by atoms with Gasteiger partial charge >= 0.3 is 11.9 Å². The summed E-state index contributed by atoms with van der Waals surface area (Å²) in [6.45, 7) is 3.46. The van der Waals surface area contributed by atoms with Crippen LogP contribution in [0.3, 0.4) is 0 Å². The van der Waals surface area contributed by atoms with Crippen LogP contribution in [0, 0.1) is 18.6 Å². The van der Waals surface area contributed by atoms with Gasteiger partial charge < -0.3 is 25.7 Å². The third-order valence-electron chi connectivity index (χ3n) is 5.69. The summed E-state index contributed by atoms with van der Waals surface area (Å²) >= 11 is 0. The molecule has 3 atom stereocenters. The Balaban J connectivity index is 0.000000308. The number of nitrogens with zero attached hydrogens (tertiary/aromatic N) is 2. The van der Waals surface area contributed by atoms with E-state index in [-0.39, 0.29) is 5.92 Å². The number of hydrogen-bond donors (Lipinski definition) is 5. The van der Waals surface area contributed by atoms with Gasteiger partial charge in [0.2, 0.25) is 0 Å². The average molecular weight is 501 g/mol. The number of benzene rings is 2. The van der Waals surface area contributed by atoms with Crippen molar-refractivity contribution in [3.63, 3.8) is 0 Å². The number of aryl methyl sites for hydroxylation is 1. The van der Waals surface area contributed by atoms with E-state index in [2.05, 4.69) is 27.6 Å². The highest BCUT2D eigenvalue weighted by Crippen LogP contribution is 2.34. The Labute approximate surface area is 205 Å². The third-order valence-corrected chi connectivity index (χ3v) is 5.69. The number of carboxylic acids is 2. The zero-order chi connectivity index (χ0) is 26.4. The fourth-order valence-corrected chi connectivity index (χ4v) is 3.78. The monoisotopic (exact) mass is 501 g/mol. The standard InChI is InChI=1S/C21H19F2N3.C4H6O6/c1-13-2-7-21(26-25-13)15-3-5-17-16(10-15)12-24-9-8-18(17)14-4-6-19(22)20(23)11-14;5-1(3(7)8)2(6)4(9)10/h2-7,10-11,18,24H,8-9,12H2,1H3;1-2,5-6H,(H,7,8)(H,9,10)/t;1-,2-/m.1/s1. The summed E-state index contributed by atoms with van der Waals surface area (Å²) in [6, 6.07) is 14.3. The van der Waals surface area contributed by atoms with Crippen molar-refractivity contribution in [1.29, 1.82) is 0 Å². The van der Waals surface area contributed by atoms with Crippen molar-refractivity contribution < 1.29 is 38.8 Å². The smallest absolute Gasteiger partial charge is 0.335 e. The first-order chi connectivity index (χ1) is 17.1. The van der Waals surface area contributed by atoms with Crippen LogP contribution in [0.4, 0.5) is 8.78 Å². The number of rotatable bonds is 5. The van der Waals surface area contributed by atoms with Crippen LogP contribution in [0.25, 0.3) is 11.3 Å². The van der Waals surface area contributed by atoms with Crippen molar-refractivity contribution in [1.82, 2.24) is 15.5 Å². The Hall–Kier alpha value is -3.80. The van der Waals surface area contributed by atoms with E-state index in [0.29, 0.717) is 0 Å². The van der Waals surface area contributed by atoms with Gasteiger partial charge in [0.25, 0.3) is 0 Å². The van der Waals surface area contributed by atoms with E-state index in [1.54, 1.807) is 6.07 Å². The van der Waals surface area contributed by atoms with Crippen molar-refractivity contribution in [2.75, 3.05) is 6.54 Å². The molecule has 9 nitrogen and oxygen atoms in total. The summed E-state index contributed by atoms with van der Waals surface area (Å²) in [5.74, 6) is -5.11. The van der Waals surface area contributed by atoms with Crippen LogP contribution in [-0.4, -0.2) is 61.3 Å². The molecule has 1 aliphatic heterocycles. The average Bonchev–Trinajstić information content (AvgIpc) is 3.07. The summed E-state index contributed by atoms with van der Waals surface area (Å²) in [6.07, 6.45) is -3.70. The van der Waals surface area contributed by atoms with E-state index in [4.69, 9.17) is 20.4 Å². The second-order valence-corrected chi connectivity index (χ2v) is 8.23. The second kappa shape index (κ2) is 11.8. The molecular weight excluding hydrogens is 476 g/mol. The first kappa shape index (κ1) is 26.8. The number of hydrogen-bond acceptors (Lipinski definition) is 7. The van der Waals surface area contributed by atoms with Crippen LogP contribution >= 0.6 is 0 Å². The zero-order valence-electron chi connectivity index (χ0n) is 19.2. The summed E-state index contributed by atoms with van der Waals surface area (Å²) in [4.78, 5) is 19.5. The van der Waals surface area contributed by atoms with Crippen LogP contribution < -0.4 is 5.32 Å². The van der Waals surface area contributed by atoms with Crippen LogP contribution in [0.15, 0.2) is 48.5 Å². The molecule has 0 saturated heterocycles. The van der Waals surface area contributed by atoms with Gasteiger partial charge in [0.1, 0.15) is 0 Å². The van der Waals surface area contributed by atoms with Gasteiger partial charge in [-0.3, -0.25) is 0 Å². The molecule has 0 radical (unpaired) electrons. The number of halogens is 2. The van der Waals surface area contributed by atoms with Crippen LogP contribution in [-0.2, 0) is 16.1 Å². The van der Waals surface area contributed by atoms with E-state index in [1.807, 2.05) is 25.1 Å². The second-order valence-electron chi connectivity index (χ2n) is 8.23. The Kier molecular flexibility index (Phi) is 8.75. The number of aliphatic carboxylic acids is 2. The van der Waals surface area contributed by atoms with Crippen molar-refractivity contribution in [2.45, 2.75) is 38.0 Å². The lowest BCUT2D eigenvalue weighted by Gasteiger charge is -2.19. The minimum Gasteiger partial charge on any atom is -0.479 e. The highest BCUT2D eigenvalue weighted by atomic mass is 19.2. The Bertz CT molecular complexity index is 1220. The first-order valence-corrected chi connectivity index (χ1v) is 11.0. The highest BCUT2D eigenvalue weighted by molar-refractivity contribution is 5.83. The van der Waals surface area contributed by atoms with E-state index in [9.17, 15) is 18.4 Å². The fraction of sp³-hybridized carbons (Fsp3) is 0.280. The minimum atomic E-state index is -2.27. The van der Waals surface area contributed by atoms with Crippen molar-refractivity contribution in [2.24, 2.45) is 0 Å². The summed E-state index contributed by atoms with van der Waals surface area (Å²) < 4.78 is 27.0. The molecule has 5 N–H and O–H groups in total. The molecule has 36 heavy (non-hydrogen) atoms. The fourth-order valence-electron chi connectivity index (χ4n) is 3.78. The normalized spacial score (nSPS) is 16.5. The first-order valence-electron chi connectivity index (χ1n) is 11.0. The van der Waals surface area contributed by atoms with Crippen LogP contribution in [0.1, 0.15) is 34.7 Å². The molecule has 190 valence electrons. The van der Waals surface area contributed by atoms with E-state index in [1.165, 1.54) is 12.1 Å². The topological polar surface area (TPSA) is 153 Å². The third kappa shape index (κ3) is 6.45. The quantitative estimate of drug-likeness (QED) is 0.354.